The van der Waals surface area contributed by atoms with E-state index in [2.05, 4.69) is 26.1 Å². The highest BCUT2D eigenvalue weighted by atomic mass is 79.9. The van der Waals surface area contributed by atoms with E-state index in [0.717, 1.165) is 26.5 Å². The number of nitrogens with zero attached hydrogens (tertiary/aromatic N) is 3. The van der Waals surface area contributed by atoms with Gasteiger partial charge in [-0.2, -0.15) is 0 Å². The highest BCUT2D eigenvalue weighted by molar-refractivity contribution is 9.10. The molecule has 0 unspecified atom stereocenters. The number of carbonyl (C=O) groups excluding carboxylic acids is 1. The number of halogens is 1. The number of aldehydes is 1. The molecule has 94 valence electrons. The van der Waals surface area contributed by atoms with Crippen molar-refractivity contribution in [2.75, 3.05) is 0 Å². The fraction of sp³-hybridized carbons (Fsp3) is 0. The van der Waals surface area contributed by atoms with E-state index in [1.54, 1.807) is 6.07 Å². The Labute approximate surface area is 122 Å². The van der Waals surface area contributed by atoms with Gasteiger partial charge >= 0.3 is 0 Å². The van der Waals surface area contributed by atoms with Crippen molar-refractivity contribution in [3.63, 3.8) is 0 Å². The molecule has 3 aromatic rings. The minimum absolute atomic E-state index is 0.640. The molecular weight excluding hydrogens is 326 g/mol. The Morgan fingerprint density at radius 2 is 2.11 bits per heavy atom. The number of aromatic nitrogens is 3. The smallest absolute Gasteiger partial charge is 0.200 e. The van der Waals surface area contributed by atoms with Gasteiger partial charge in [0.15, 0.2) is 17.1 Å². The maximum Gasteiger partial charge on any atom is 0.200 e. The van der Waals surface area contributed by atoms with Crippen LogP contribution < -0.4 is 0 Å². The first-order valence-corrected chi connectivity index (χ1v) is 7.11. The summed E-state index contributed by atoms with van der Waals surface area (Å²) in [5.41, 5.74) is 1.42. The van der Waals surface area contributed by atoms with Crippen LogP contribution in [0.2, 0.25) is 0 Å². The van der Waals surface area contributed by atoms with Gasteiger partial charge < -0.3 is 0 Å². The molecule has 0 fully saturated rings. The van der Waals surface area contributed by atoms with Crippen LogP contribution in [0.4, 0.5) is 0 Å². The molecule has 0 amide bonds. The molecule has 3 rings (SSSR count). The van der Waals surface area contributed by atoms with E-state index in [1.807, 2.05) is 40.9 Å². The van der Waals surface area contributed by atoms with E-state index in [-0.39, 0.29) is 0 Å². The lowest BCUT2D eigenvalue weighted by Crippen LogP contribution is -1.89. The second-order valence-electron chi connectivity index (χ2n) is 3.81. The van der Waals surface area contributed by atoms with Crippen molar-refractivity contribution in [3.8, 4) is 0 Å². The first-order chi connectivity index (χ1) is 9.28. The van der Waals surface area contributed by atoms with Crippen LogP contribution in [0.15, 0.2) is 57.1 Å². The summed E-state index contributed by atoms with van der Waals surface area (Å²) in [6.45, 7) is 0. The second kappa shape index (κ2) is 5.14. The lowest BCUT2D eigenvalue weighted by atomic mass is 10.2. The van der Waals surface area contributed by atoms with Gasteiger partial charge in [-0.1, -0.05) is 22.0 Å². The van der Waals surface area contributed by atoms with E-state index in [0.29, 0.717) is 5.56 Å². The van der Waals surface area contributed by atoms with Gasteiger partial charge in [0.05, 0.1) is 0 Å². The van der Waals surface area contributed by atoms with Gasteiger partial charge in [-0.3, -0.25) is 9.20 Å². The minimum atomic E-state index is 0.640. The predicted molar refractivity (Wildman–Crippen MR) is 76.6 cm³/mol. The van der Waals surface area contributed by atoms with Crippen LogP contribution in [0.1, 0.15) is 10.4 Å². The van der Waals surface area contributed by atoms with Gasteiger partial charge in [-0.05, 0) is 42.1 Å². The zero-order valence-electron chi connectivity index (χ0n) is 9.65. The first-order valence-electron chi connectivity index (χ1n) is 5.50. The van der Waals surface area contributed by atoms with Crippen LogP contribution in [0.3, 0.4) is 0 Å². The number of rotatable bonds is 3. The Morgan fingerprint density at radius 1 is 1.21 bits per heavy atom. The molecule has 6 heteroatoms. The number of benzene rings is 1. The summed E-state index contributed by atoms with van der Waals surface area (Å²) in [5.74, 6) is 0. The number of hydrogen-bond donors (Lipinski definition) is 0. The molecule has 1 aromatic carbocycles. The third-order valence-corrected chi connectivity index (χ3v) is 4.11. The molecule has 0 saturated heterocycles. The van der Waals surface area contributed by atoms with Gasteiger partial charge in [0.2, 0.25) is 0 Å². The standard InChI is InChI=1S/C13H8BrN3OS/c14-10-5-4-9(8-18)11(7-10)19-13-16-15-12-3-1-2-6-17(12)13/h1-8H. The summed E-state index contributed by atoms with van der Waals surface area (Å²) in [6.07, 6.45) is 2.74. The van der Waals surface area contributed by atoms with Crippen molar-refractivity contribution < 1.29 is 4.79 Å². The molecule has 19 heavy (non-hydrogen) atoms. The maximum absolute atomic E-state index is 11.1. The van der Waals surface area contributed by atoms with Gasteiger partial charge in [0.25, 0.3) is 0 Å². The van der Waals surface area contributed by atoms with Gasteiger partial charge in [0, 0.05) is 21.1 Å². The van der Waals surface area contributed by atoms with Gasteiger partial charge in [-0.25, -0.2) is 0 Å². The van der Waals surface area contributed by atoms with Crippen LogP contribution in [0, 0.1) is 0 Å². The van der Waals surface area contributed by atoms with Gasteiger partial charge in [-0.15, -0.1) is 10.2 Å². The topological polar surface area (TPSA) is 47.3 Å². The molecule has 0 aliphatic rings. The highest BCUT2D eigenvalue weighted by Crippen LogP contribution is 2.31. The van der Waals surface area contributed by atoms with Crippen LogP contribution in [0.5, 0.6) is 0 Å². The van der Waals surface area contributed by atoms with Crippen molar-refractivity contribution in [2.24, 2.45) is 0 Å². The van der Waals surface area contributed by atoms with Crippen LogP contribution >= 0.6 is 27.7 Å². The monoisotopic (exact) mass is 333 g/mol. The normalized spacial score (nSPS) is 10.8. The van der Waals surface area contributed by atoms with Crippen molar-refractivity contribution in [1.29, 1.82) is 0 Å². The zero-order chi connectivity index (χ0) is 13.2. The molecule has 0 atom stereocenters. The fourth-order valence-electron chi connectivity index (χ4n) is 1.68. The van der Waals surface area contributed by atoms with Crippen molar-refractivity contribution in [2.45, 2.75) is 10.1 Å². The van der Waals surface area contributed by atoms with Crippen LogP contribution in [-0.2, 0) is 0 Å². The fourth-order valence-corrected chi connectivity index (χ4v) is 3.14. The molecule has 2 aromatic heterocycles. The third kappa shape index (κ3) is 2.41. The van der Waals surface area contributed by atoms with Crippen LogP contribution in [-0.4, -0.2) is 20.9 Å². The van der Waals surface area contributed by atoms with E-state index >= 15 is 0 Å². The Balaban J connectivity index is 2.05. The SMILES string of the molecule is O=Cc1ccc(Br)cc1Sc1nnc2ccccn12. The molecule has 0 radical (unpaired) electrons. The number of hydrogen-bond acceptors (Lipinski definition) is 4. The quantitative estimate of drug-likeness (QED) is 0.688. The molecule has 4 nitrogen and oxygen atoms in total. The van der Waals surface area contributed by atoms with Crippen molar-refractivity contribution in [1.82, 2.24) is 14.6 Å². The average molecular weight is 334 g/mol. The summed E-state index contributed by atoms with van der Waals surface area (Å²) in [5, 5.41) is 8.96. The molecule has 0 aliphatic heterocycles. The molecular formula is C13H8BrN3OS. The van der Waals surface area contributed by atoms with Crippen LogP contribution in [0.25, 0.3) is 5.65 Å². The molecule has 0 spiro atoms. The Kier molecular flexibility index (Phi) is 3.35. The molecule has 0 N–H and O–H groups in total. The maximum atomic E-state index is 11.1. The summed E-state index contributed by atoms with van der Waals surface area (Å²) >= 11 is 4.82. The van der Waals surface area contributed by atoms with E-state index in [4.69, 9.17) is 0 Å². The lowest BCUT2D eigenvalue weighted by molar-refractivity contribution is 0.112. The largest absolute Gasteiger partial charge is 0.298 e. The third-order valence-electron chi connectivity index (χ3n) is 2.59. The van der Waals surface area contributed by atoms with E-state index in [1.165, 1.54) is 11.8 Å². The lowest BCUT2D eigenvalue weighted by Gasteiger charge is -2.03. The minimum Gasteiger partial charge on any atom is -0.298 e. The zero-order valence-corrected chi connectivity index (χ0v) is 12.1. The highest BCUT2D eigenvalue weighted by Gasteiger charge is 2.10. The number of fused-ring (bicyclic) bond motifs is 1. The predicted octanol–water partition coefficient (Wildman–Crippen LogP) is 3.46. The Bertz CT molecular complexity index is 756. The number of carbonyl (C=O) groups is 1. The molecule has 2 heterocycles. The average Bonchev–Trinajstić information content (AvgIpc) is 2.83. The van der Waals surface area contributed by atoms with Gasteiger partial charge in [0.1, 0.15) is 0 Å². The van der Waals surface area contributed by atoms with Crippen molar-refractivity contribution >= 4 is 39.6 Å². The number of pyridine rings is 1. The molecule has 0 bridgehead atoms. The van der Waals surface area contributed by atoms with Crippen molar-refractivity contribution in [3.05, 3.63) is 52.6 Å². The summed E-state index contributed by atoms with van der Waals surface area (Å²) < 4.78 is 2.81. The molecule has 0 aliphatic carbocycles. The first kappa shape index (κ1) is 12.4. The Morgan fingerprint density at radius 3 is 2.95 bits per heavy atom. The Hall–Kier alpha value is -1.66. The summed E-state index contributed by atoms with van der Waals surface area (Å²) in [4.78, 5) is 11.9. The molecule has 0 saturated carbocycles. The van der Waals surface area contributed by atoms with E-state index in [9.17, 15) is 4.79 Å². The summed E-state index contributed by atoms with van der Waals surface area (Å²) in [6, 6.07) is 11.2. The second-order valence-corrected chi connectivity index (χ2v) is 5.74. The summed E-state index contributed by atoms with van der Waals surface area (Å²) in [7, 11) is 0. The van der Waals surface area contributed by atoms with E-state index < -0.39 is 0 Å².